The van der Waals surface area contributed by atoms with E-state index in [1.54, 1.807) is 24.3 Å². The van der Waals surface area contributed by atoms with Crippen LogP contribution in [0.2, 0.25) is 5.02 Å². The number of aryl methyl sites for hydroxylation is 2. The molecule has 0 saturated carbocycles. The number of anilines is 1. The number of hydrogen-bond donors (Lipinski definition) is 1. The van der Waals surface area contributed by atoms with Crippen LogP contribution < -0.4 is 10.1 Å². The van der Waals surface area contributed by atoms with Crippen molar-refractivity contribution in [3.05, 3.63) is 74.7 Å². The van der Waals surface area contributed by atoms with Gasteiger partial charge in [-0.1, -0.05) is 29.3 Å². The van der Waals surface area contributed by atoms with E-state index in [1.165, 1.54) is 11.3 Å². The molecule has 25 heavy (non-hydrogen) atoms. The minimum Gasteiger partial charge on any atom is -0.486 e. The maximum Gasteiger partial charge on any atom is 0.267 e. The Morgan fingerprint density at radius 3 is 2.48 bits per heavy atom. The van der Waals surface area contributed by atoms with Gasteiger partial charge in [-0.2, -0.15) is 0 Å². The lowest BCUT2D eigenvalue weighted by Crippen LogP contribution is -2.11. The Balaban J connectivity index is 1.65. The zero-order valence-corrected chi connectivity index (χ0v) is 15.4. The van der Waals surface area contributed by atoms with Gasteiger partial charge in [-0.15, -0.1) is 11.3 Å². The van der Waals surface area contributed by atoms with Crippen molar-refractivity contribution in [2.24, 2.45) is 0 Å². The van der Waals surface area contributed by atoms with Crippen LogP contribution in [0.1, 0.15) is 25.9 Å². The number of thiazole rings is 1. The smallest absolute Gasteiger partial charge is 0.267 e. The summed E-state index contributed by atoms with van der Waals surface area (Å²) < 4.78 is 5.68. The lowest BCUT2D eigenvalue weighted by Gasteiger charge is -2.04. The maximum atomic E-state index is 12.4. The van der Waals surface area contributed by atoms with Crippen LogP contribution in [-0.2, 0) is 6.61 Å². The van der Waals surface area contributed by atoms with Gasteiger partial charge < -0.3 is 10.1 Å². The molecule has 0 spiro atoms. The molecular formula is C19H17ClN2O2S. The predicted molar refractivity (Wildman–Crippen MR) is 102 cm³/mol. The molecule has 0 aliphatic rings. The quantitative estimate of drug-likeness (QED) is 0.665. The number of ether oxygens (including phenoxy) is 1. The van der Waals surface area contributed by atoms with Gasteiger partial charge in [0, 0.05) is 10.7 Å². The summed E-state index contributed by atoms with van der Waals surface area (Å²) in [5, 5.41) is 4.31. The van der Waals surface area contributed by atoms with E-state index >= 15 is 0 Å². The molecule has 1 aromatic heterocycles. The summed E-state index contributed by atoms with van der Waals surface area (Å²) in [4.78, 5) is 17.5. The number of benzene rings is 2. The molecule has 0 radical (unpaired) electrons. The number of carbonyl (C=O) groups excluding carboxylic acids is 1. The standard InChI is InChI=1S/C19H17ClN2O2S/c1-12-3-7-15(8-4-12)22-19(23)18-13(2)21-17(25-18)11-24-16-9-5-14(20)6-10-16/h3-10H,11H2,1-2H3,(H,22,23). The first-order valence-corrected chi connectivity index (χ1v) is 8.93. The lowest BCUT2D eigenvalue weighted by molar-refractivity contribution is 0.103. The molecule has 128 valence electrons. The highest BCUT2D eigenvalue weighted by molar-refractivity contribution is 7.13. The SMILES string of the molecule is Cc1ccc(NC(=O)c2sc(COc3ccc(Cl)cc3)nc2C)cc1. The van der Waals surface area contributed by atoms with Crippen LogP contribution in [0.4, 0.5) is 5.69 Å². The van der Waals surface area contributed by atoms with Gasteiger partial charge in [-0.25, -0.2) is 4.98 Å². The number of nitrogens with zero attached hydrogens (tertiary/aromatic N) is 1. The Labute approximate surface area is 155 Å². The fraction of sp³-hybridized carbons (Fsp3) is 0.158. The van der Waals surface area contributed by atoms with Crippen LogP contribution >= 0.6 is 22.9 Å². The van der Waals surface area contributed by atoms with Gasteiger partial charge in [-0.3, -0.25) is 4.79 Å². The summed E-state index contributed by atoms with van der Waals surface area (Å²) in [6.45, 7) is 4.14. The minimum atomic E-state index is -0.156. The second kappa shape index (κ2) is 7.68. The number of halogens is 1. The highest BCUT2D eigenvalue weighted by atomic mass is 35.5. The average Bonchev–Trinajstić information content (AvgIpc) is 2.97. The molecule has 0 bridgehead atoms. The van der Waals surface area contributed by atoms with E-state index in [0.29, 0.717) is 28.0 Å². The first kappa shape index (κ1) is 17.5. The van der Waals surface area contributed by atoms with E-state index in [0.717, 1.165) is 16.3 Å². The van der Waals surface area contributed by atoms with E-state index in [4.69, 9.17) is 16.3 Å². The first-order chi connectivity index (χ1) is 12.0. The molecular weight excluding hydrogens is 356 g/mol. The summed E-state index contributed by atoms with van der Waals surface area (Å²) in [5.41, 5.74) is 2.61. The van der Waals surface area contributed by atoms with Gasteiger partial charge in [0.2, 0.25) is 0 Å². The number of rotatable bonds is 5. The first-order valence-electron chi connectivity index (χ1n) is 7.74. The average molecular weight is 373 g/mol. The van der Waals surface area contributed by atoms with Crippen molar-refractivity contribution >= 4 is 34.5 Å². The van der Waals surface area contributed by atoms with Crippen molar-refractivity contribution in [1.29, 1.82) is 0 Å². The normalized spacial score (nSPS) is 10.5. The molecule has 0 unspecified atom stereocenters. The van der Waals surface area contributed by atoms with Crippen molar-refractivity contribution in [2.45, 2.75) is 20.5 Å². The van der Waals surface area contributed by atoms with Crippen LogP contribution in [0.15, 0.2) is 48.5 Å². The second-order valence-electron chi connectivity index (χ2n) is 5.58. The van der Waals surface area contributed by atoms with Gasteiger partial charge in [-0.05, 0) is 50.2 Å². The van der Waals surface area contributed by atoms with Gasteiger partial charge in [0.05, 0.1) is 5.69 Å². The molecule has 0 aliphatic heterocycles. The molecule has 3 aromatic rings. The van der Waals surface area contributed by atoms with Crippen LogP contribution in [0.3, 0.4) is 0 Å². The molecule has 4 nitrogen and oxygen atoms in total. The maximum absolute atomic E-state index is 12.4. The van der Waals surface area contributed by atoms with Gasteiger partial charge in [0.25, 0.3) is 5.91 Å². The Morgan fingerprint density at radius 1 is 1.12 bits per heavy atom. The molecule has 0 fully saturated rings. The third-order valence-corrected chi connectivity index (χ3v) is 4.91. The predicted octanol–water partition coefficient (Wildman–Crippen LogP) is 5.24. The van der Waals surface area contributed by atoms with E-state index in [-0.39, 0.29) is 5.91 Å². The summed E-state index contributed by atoms with van der Waals surface area (Å²) >= 11 is 7.19. The van der Waals surface area contributed by atoms with Gasteiger partial charge in [0.15, 0.2) is 0 Å². The number of amides is 1. The van der Waals surface area contributed by atoms with Crippen molar-refractivity contribution < 1.29 is 9.53 Å². The molecule has 2 aromatic carbocycles. The third-order valence-electron chi connectivity index (χ3n) is 3.53. The summed E-state index contributed by atoms with van der Waals surface area (Å²) in [7, 11) is 0. The van der Waals surface area contributed by atoms with Crippen molar-refractivity contribution in [3.8, 4) is 5.75 Å². The molecule has 1 amide bonds. The Hall–Kier alpha value is -2.37. The topological polar surface area (TPSA) is 51.2 Å². The zero-order chi connectivity index (χ0) is 17.8. The summed E-state index contributed by atoms with van der Waals surface area (Å²) in [5.74, 6) is 0.555. The monoisotopic (exact) mass is 372 g/mol. The molecule has 6 heteroatoms. The lowest BCUT2D eigenvalue weighted by atomic mass is 10.2. The fourth-order valence-corrected chi connectivity index (χ4v) is 3.22. The number of carbonyl (C=O) groups is 1. The van der Waals surface area contributed by atoms with Crippen LogP contribution in [0.25, 0.3) is 0 Å². The summed E-state index contributed by atoms with van der Waals surface area (Å²) in [6, 6.07) is 14.8. The van der Waals surface area contributed by atoms with Crippen LogP contribution in [-0.4, -0.2) is 10.9 Å². The molecule has 1 N–H and O–H groups in total. The Bertz CT molecular complexity index is 873. The molecule has 0 aliphatic carbocycles. The highest BCUT2D eigenvalue weighted by Crippen LogP contribution is 2.22. The number of nitrogens with one attached hydrogen (secondary N) is 1. The van der Waals surface area contributed by atoms with Crippen molar-refractivity contribution in [2.75, 3.05) is 5.32 Å². The van der Waals surface area contributed by atoms with Crippen molar-refractivity contribution in [3.63, 3.8) is 0 Å². The highest BCUT2D eigenvalue weighted by Gasteiger charge is 2.16. The number of hydrogen-bond acceptors (Lipinski definition) is 4. The largest absolute Gasteiger partial charge is 0.486 e. The molecule has 1 heterocycles. The second-order valence-corrected chi connectivity index (χ2v) is 7.10. The van der Waals surface area contributed by atoms with Gasteiger partial charge in [0.1, 0.15) is 22.2 Å². The van der Waals surface area contributed by atoms with E-state index < -0.39 is 0 Å². The van der Waals surface area contributed by atoms with E-state index in [2.05, 4.69) is 10.3 Å². The molecule has 0 atom stereocenters. The molecule has 0 saturated heterocycles. The third kappa shape index (κ3) is 4.59. The van der Waals surface area contributed by atoms with E-state index in [1.807, 2.05) is 38.1 Å². The zero-order valence-electron chi connectivity index (χ0n) is 13.9. The molecule has 3 rings (SSSR count). The Morgan fingerprint density at radius 2 is 1.80 bits per heavy atom. The minimum absolute atomic E-state index is 0.156. The van der Waals surface area contributed by atoms with Gasteiger partial charge >= 0.3 is 0 Å². The Kier molecular flexibility index (Phi) is 5.36. The van der Waals surface area contributed by atoms with E-state index in [9.17, 15) is 4.79 Å². The fourth-order valence-electron chi connectivity index (χ4n) is 2.23. The van der Waals surface area contributed by atoms with Crippen molar-refractivity contribution in [1.82, 2.24) is 4.98 Å². The van der Waals surface area contributed by atoms with Crippen LogP contribution in [0.5, 0.6) is 5.75 Å². The number of aromatic nitrogens is 1. The van der Waals surface area contributed by atoms with Crippen LogP contribution in [0, 0.1) is 13.8 Å². The summed E-state index contributed by atoms with van der Waals surface area (Å²) in [6.07, 6.45) is 0.